The van der Waals surface area contributed by atoms with Crippen molar-refractivity contribution < 1.29 is 19.5 Å². The van der Waals surface area contributed by atoms with Crippen LogP contribution >= 0.6 is 11.8 Å². The maximum absolute atomic E-state index is 13.0. The van der Waals surface area contributed by atoms with Gasteiger partial charge in [-0.1, -0.05) is 30.3 Å². The Kier molecular flexibility index (Phi) is 8.12. The number of benzene rings is 1. The largest absolute Gasteiger partial charge is 0.480 e. The monoisotopic (exact) mass is 393 g/mol. The first-order chi connectivity index (χ1) is 12.9. The van der Waals surface area contributed by atoms with Crippen LogP contribution in [0.4, 0.5) is 0 Å². The van der Waals surface area contributed by atoms with Gasteiger partial charge in [0.1, 0.15) is 12.1 Å². The predicted octanol–water partition coefficient (Wildman–Crippen LogP) is 0.870. The third-order valence-electron chi connectivity index (χ3n) is 4.69. The van der Waals surface area contributed by atoms with Gasteiger partial charge in [0.2, 0.25) is 11.8 Å². The molecule has 8 heteroatoms. The number of likely N-dealkylation sites (tertiary alicyclic amines) is 1. The minimum atomic E-state index is -1.01. The predicted molar refractivity (Wildman–Crippen MR) is 105 cm³/mol. The van der Waals surface area contributed by atoms with Crippen molar-refractivity contribution in [2.75, 3.05) is 18.6 Å². The molecule has 148 valence electrons. The SMILES string of the molecule is CSCC[C@H](N)C(=O)N[C@@H](Cc1ccccc1)C(=O)N1CCC[C@H]1C(=O)O. The average molecular weight is 394 g/mol. The van der Waals surface area contributed by atoms with Crippen molar-refractivity contribution in [3.8, 4) is 0 Å². The van der Waals surface area contributed by atoms with Crippen LogP contribution in [0, 0.1) is 0 Å². The lowest BCUT2D eigenvalue weighted by molar-refractivity contribution is -0.149. The van der Waals surface area contributed by atoms with Gasteiger partial charge in [0.05, 0.1) is 6.04 Å². The quantitative estimate of drug-likeness (QED) is 0.574. The number of thioether (sulfide) groups is 1. The van der Waals surface area contributed by atoms with Crippen LogP contribution in [0.2, 0.25) is 0 Å². The van der Waals surface area contributed by atoms with Gasteiger partial charge in [0.25, 0.3) is 0 Å². The summed E-state index contributed by atoms with van der Waals surface area (Å²) in [6, 6.07) is 6.98. The second kappa shape index (κ2) is 10.3. The summed E-state index contributed by atoms with van der Waals surface area (Å²) in [6.45, 7) is 0.384. The number of nitrogens with zero attached hydrogens (tertiary/aromatic N) is 1. The summed E-state index contributed by atoms with van der Waals surface area (Å²) in [4.78, 5) is 38.3. The normalized spacial score (nSPS) is 18.7. The Morgan fingerprint density at radius 1 is 1.33 bits per heavy atom. The lowest BCUT2D eigenvalue weighted by atomic mass is 10.0. The van der Waals surface area contributed by atoms with Gasteiger partial charge in [-0.05, 0) is 36.8 Å². The van der Waals surface area contributed by atoms with Gasteiger partial charge in [0, 0.05) is 13.0 Å². The Balaban J connectivity index is 2.14. The van der Waals surface area contributed by atoms with Crippen LogP contribution in [-0.2, 0) is 20.8 Å². The molecule has 2 rings (SSSR count). The number of rotatable bonds is 9. The van der Waals surface area contributed by atoms with Gasteiger partial charge >= 0.3 is 5.97 Å². The fourth-order valence-corrected chi connectivity index (χ4v) is 3.68. The van der Waals surface area contributed by atoms with E-state index in [1.54, 1.807) is 11.8 Å². The van der Waals surface area contributed by atoms with Crippen molar-refractivity contribution in [3.63, 3.8) is 0 Å². The maximum Gasteiger partial charge on any atom is 0.326 e. The number of nitrogens with one attached hydrogen (secondary N) is 1. The topological polar surface area (TPSA) is 113 Å². The molecule has 7 nitrogen and oxygen atoms in total. The molecule has 0 aromatic heterocycles. The van der Waals surface area contributed by atoms with Crippen molar-refractivity contribution in [1.82, 2.24) is 10.2 Å². The molecule has 1 fully saturated rings. The molecule has 1 aromatic rings. The zero-order valence-electron chi connectivity index (χ0n) is 15.5. The summed E-state index contributed by atoms with van der Waals surface area (Å²) >= 11 is 1.60. The van der Waals surface area contributed by atoms with Crippen molar-refractivity contribution in [2.45, 2.75) is 43.8 Å². The molecular formula is C19H27N3O4S. The molecule has 0 aliphatic carbocycles. The van der Waals surface area contributed by atoms with E-state index in [0.29, 0.717) is 32.2 Å². The van der Waals surface area contributed by atoms with Crippen LogP contribution in [0.5, 0.6) is 0 Å². The Hall–Kier alpha value is -2.06. The second-order valence-electron chi connectivity index (χ2n) is 6.67. The molecule has 0 radical (unpaired) electrons. The van der Waals surface area contributed by atoms with E-state index in [-0.39, 0.29) is 11.8 Å². The molecule has 2 amide bonds. The van der Waals surface area contributed by atoms with E-state index in [1.807, 2.05) is 36.6 Å². The van der Waals surface area contributed by atoms with E-state index in [0.717, 1.165) is 11.3 Å². The van der Waals surface area contributed by atoms with Crippen LogP contribution in [0.25, 0.3) is 0 Å². The molecule has 1 saturated heterocycles. The van der Waals surface area contributed by atoms with E-state index in [2.05, 4.69) is 5.32 Å². The van der Waals surface area contributed by atoms with Gasteiger partial charge in [-0.2, -0.15) is 11.8 Å². The number of carboxylic acid groups (broad SMARTS) is 1. The molecule has 0 unspecified atom stereocenters. The molecule has 27 heavy (non-hydrogen) atoms. The van der Waals surface area contributed by atoms with E-state index in [1.165, 1.54) is 4.90 Å². The summed E-state index contributed by atoms with van der Waals surface area (Å²) in [7, 11) is 0. The molecule has 1 aliphatic rings. The van der Waals surface area contributed by atoms with Gasteiger partial charge < -0.3 is 21.1 Å². The number of hydrogen-bond donors (Lipinski definition) is 3. The highest BCUT2D eigenvalue weighted by molar-refractivity contribution is 7.98. The summed E-state index contributed by atoms with van der Waals surface area (Å²) in [5.41, 5.74) is 6.82. The zero-order chi connectivity index (χ0) is 19.8. The molecule has 1 heterocycles. The number of hydrogen-bond acceptors (Lipinski definition) is 5. The molecule has 3 atom stereocenters. The van der Waals surface area contributed by atoms with Crippen LogP contribution in [0.1, 0.15) is 24.8 Å². The number of carbonyl (C=O) groups is 3. The standard InChI is InChI=1S/C19H27N3O4S/c1-27-11-9-14(20)17(23)21-15(12-13-6-3-2-4-7-13)18(24)22-10-5-8-16(22)19(25)26/h2-4,6-7,14-16H,5,8-12,20H2,1H3,(H,21,23)(H,25,26)/t14-,15-,16-/m0/s1. The number of aliphatic carboxylic acids is 1. The lowest BCUT2D eigenvalue weighted by Crippen LogP contribution is -2.55. The fourth-order valence-electron chi connectivity index (χ4n) is 3.19. The number of amides is 2. The minimum Gasteiger partial charge on any atom is -0.480 e. The molecular weight excluding hydrogens is 366 g/mol. The first-order valence-electron chi connectivity index (χ1n) is 9.06. The van der Waals surface area contributed by atoms with Gasteiger partial charge in [-0.3, -0.25) is 9.59 Å². The van der Waals surface area contributed by atoms with Crippen LogP contribution in [-0.4, -0.2) is 64.5 Å². The summed E-state index contributed by atoms with van der Waals surface area (Å²) < 4.78 is 0. The van der Waals surface area contributed by atoms with Crippen LogP contribution < -0.4 is 11.1 Å². The Morgan fingerprint density at radius 2 is 2.04 bits per heavy atom. The minimum absolute atomic E-state index is 0.295. The smallest absolute Gasteiger partial charge is 0.326 e. The Bertz CT molecular complexity index is 656. The summed E-state index contributed by atoms with van der Waals surface area (Å²) in [5, 5.41) is 12.1. The molecule has 4 N–H and O–H groups in total. The van der Waals surface area contributed by atoms with Gasteiger partial charge in [-0.15, -0.1) is 0 Å². The molecule has 0 spiro atoms. The van der Waals surface area contributed by atoms with E-state index in [9.17, 15) is 19.5 Å². The highest BCUT2D eigenvalue weighted by atomic mass is 32.2. The van der Waals surface area contributed by atoms with Gasteiger partial charge in [0.15, 0.2) is 0 Å². The van der Waals surface area contributed by atoms with E-state index < -0.39 is 24.1 Å². The third kappa shape index (κ3) is 5.97. The second-order valence-corrected chi connectivity index (χ2v) is 7.65. The summed E-state index contributed by atoms with van der Waals surface area (Å²) in [5.74, 6) is -1.01. The Labute approximate surface area is 163 Å². The maximum atomic E-state index is 13.0. The molecule has 0 bridgehead atoms. The molecule has 1 aromatic carbocycles. The van der Waals surface area contributed by atoms with E-state index >= 15 is 0 Å². The van der Waals surface area contributed by atoms with E-state index in [4.69, 9.17) is 5.73 Å². The number of carbonyl (C=O) groups excluding carboxylic acids is 2. The highest BCUT2D eigenvalue weighted by Crippen LogP contribution is 2.19. The van der Waals surface area contributed by atoms with Crippen LogP contribution in [0.3, 0.4) is 0 Å². The zero-order valence-corrected chi connectivity index (χ0v) is 16.3. The van der Waals surface area contributed by atoms with Crippen molar-refractivity contribution in [1.29, 1.82) is 0 Å². The van der Waals surface area contributed by atoms with Crippen molar-refractivity contribution in [3.05, 3.63) is 35.9 Å². The van der Waals surface area contributed by atoms with Crippen LogP contribution in [0.15, 0.2) is 30.3 Å². The third-order valence-corrected chi connectivity index (χ3v) is 5.33. The average Bonchev–Trinajstić information content (AvgIpc) is 3.15. The highest BCUT2D eigenvalue weighted by Gasteiger charge is 2.37. The first-order valence-corrected chi connectivity index (χ1v) is 10.5. The molecule has 1 aliphatic heterocycles. The van der Waals surface area contributed by atoms with Crippen molar-refractivity contribution >= 4 is 29.5 Å². The van der Waals surface area contributed by atoms with Gasteiger partial charge in [-0.25, -0.2) is 4.79 Å². The lowest BCUT2D eigenvalue weighted by Gasteiger charge is -2.28. The molecule has 0 saturated carbocycles. The first kappa shape index (κ1) is 21.2. The number of carboxylic acids is 1. The number of nitrogens with two attached hydrogens (primary N) is 1. The van der Waals surface area contributed by atoms with Crippen molar-refractivity contribution in [2.24, 2.45) is 5.73 Å². The fraction of sp³-hybridized carbons (Fsp3) is 0.526. The summed E-state index contributed by atoms with van der Waals surface area (Å²) in [6.07, 6.45) is 3.82. The Morgan fingerprint density at radius 3 is 2.67 bits per heavy atom.